The van der Waals surface area contributed by atoms with Crippen LogP contribution in [0, 0.1) is 27.7 Å². The molecular weight excluding hydrogens is 775 g/mol. The van der Waals surface area contributed by atoms with Crippen molar-refractivity contribution >= 4 is 28.0 Å². The molecule has 0 aliphatic heterocycles. The van der Waals surface area contributed by atoms with Crippen LogP contribution in [0.3, 0.4) is 0 Å². The fourth-order valence-corrected chi connectivity index (χ4v) is 11.2. The van der Waals surface area contributed by atoms with Gasteiger partial charge < -0.3 is 9.32 Å². The lowest BCUT2D eigenvalue weighted by molar-refractivity contribution is 0.616. The van der Waals surface area contributed by atoms with Crippen LogP contribution >= 0.6 is 0 Å². The van der Waals surface area contributed by atoms with Crippen LogP contribution in [0.5, 0.6) is 0 Å². The van der Waals surface area contributed by atoms with Crippen molar-refractivity contribution in [2.24, 2.45) is 0 Å². The van der Waals surface area contributed by atoms with Gasteiger partial charge in [0.15, 0.2) is 5.58 Å². The molecule has 2 aliphatic rings. The summed E-state index contributed by atoms with van der Waals surface area (Å²) in [5, 5.41) is 1.06. The van der Waals surface area contributed by atoms with Crippen LogP contribution in [0.15, 0.2) is 217 Å². The monoisotopic (exact) mass is 821 g/mol. The highest BCUT2D eigenvalue weighted by atomic mass is 16.3. The first-order chi connectivity index (χ1) is 31.3. The number of benzene rings is 9. The van der Waals surface area contributed by atoms with Crippen molar-refractivity contribution in [3.63, 3.8) is 0 Å². The van der Waals surface area contributed by atoms with Crippen LogP contribution < -0.4 is 4.90 Å². The molecule has 2 heteroatoms. The smallest absolute Gasteiger partial charge is 0.157 e. The topological polar surface area (TPSA) is 16.4 Å². The summed E-state index contributed by atoms with van der Waals surface area (Å²) in [7, 11) is 0. The lowest BCUT2D eigenvalue weighted by Crippen LogP contribution is -2.29. The van der Waals surface area contributed by atoms with Gasteiger partial charge in [-0.2, -0.15) is 0 Å². The summed E-state index contributed by atoms with van der Waals surface area (Å²) >= 11 is 0. The molecule has 0 spiro atoms. The molecule has 0 bridgehead atoms. The summed E-state index contributed by atoms with van der Waals surface area (Å²) in [4.78, 5) is 2.43. The van der Waals surface area contributed by atoms with Gasteiger partial charge in [-0.05, 0) is 131 Å². The third kappa shape index (κ3) is 5.45. The number of para-hydroxylation sites is 1. The van der Waals surface area contributed by atoms with Crippen molar-refractivity contribution < 1.29 is 4.42 Å². The molecule has 0 fully saturated rings. The number of anilines is 3. The predicted octanol–water partition coefficient (Wildman–Crippen LogP) is 15.9. The molecule has 0 N–H and O–H groups in total. The van der Waals surface area contributed by atoms with E-state index in [-0.39, 0.29) is 0 Å². The van der Waals surface area contributed by atoms with E-state index in [9.17, 15) is 0 Å². The van der Waals surface area contributed by atoms with Crippen LogP contribution in [-0.4, -0.2) is 0 Å². The number of hydrogen-bond acceptors (Lipinski definition) is 2. The lowest BCUT2D eigenvalue weighted by atomic mass is 9.67. The molecule has 1 heterocycles. The van der Waals surface area contributed by atoms with Crippen LogP contribution in [-0.2, 0) is 10.8 Å². The third-order valence-corrected chi connectivity index (χ3v) is 14.2. The van der Waals surface area contributed by atoms with Crippen LogP contribution in [0.1, 0.15) is 66.8 Å². The number of rotatable bonds is 7. The summed E-state index contributed by atoms with van der Waals surface area (Å²) in [5.74, 6) is 0. The lowest BCUT2D eigenvalue weighted by Gasteiger charge is -2.36. The molecule has 0 saturated carbocycles. The first-order valence-electron chi connectivity index (χ1n) is 22.4. The Morgan fingerprint density at radius 2 is 0.734 bits per heavy atom. The third-order valence-electron chi connectivity index (χ3n) is 14.2. The Balaban J connectivity index is 1.16. The van der Waals surface area contributed by atoms with Crippen LogP contribution in [0.4, 0.5) is 17.1 Å². The Bertz CT molecular complexity index is 3120. The molecule has 2 nitrogen and oxygen atoms in total. The Morgan fingerprint density at radius 3 is 1.16 bits per heavy atom. The zero-order valence-electron chi connectivity index (χ0n) is 36.6. The van der Waals surface area contributed by atoms with Gasteiger partial charge in [0.2, 0.25) is 0 Å². The first-order valence-corrected chi connectivity index (χ1v) is 22.4. The fraction of sp³-hybridized carbons (Fsp3) is 0.0968. The Labute approximate surface area is 375 Å². The summed E-state index contributed by atoms with van der Waals surface area (Å²) in [6.45, 7) is 8.69. The molecular formula is C62H47NO. The van der Waals surface area contributed by atoms with E-state index in [1.807, 2.05) is 6.26 Å². The Morgan fingerprint density at radius 1 is 0.344 bits per heavy atom. The minimum Gasteiger partial charge on any atom is -0.462 e. The summed E-state index contributed by atoms with van der Waals surface area (Å²) in [6.07, 6.45) is 1.81. The van der Waals surface area contributed by atoms with Crippen LogP contribution in [0.2, 0.25) is 0 Å². The molecule has 10 aromatic rings. The second kappa shape index (κ2) is 14.4. The van der Waals surface area contributed by atoms with E-state index in [1.54, 1.807) is 0 Å². The van der Waals surface area contributed by atoms with Crippen LogP contribution in [0.25, 0.3) is 33.2 Å². The molecule has 64 heavy (non-hydrogen) atoms. The maximum absolute atomic E-state index is 6.42. The predicted molar refractivity (Wildman–Crippen MR) is 264 cm³/mol. The average Bonchev–Trinajstić information content (AvgIpc) is 4.01. The highest BCUT2D eigenvalue weighted by Crippen LogP contribution is 2.60. The highest BCUT2D eigenvalue weighted by molar-refractivity contribution is 5.98. The van der Waals surface area contributed by atoms with Gasteiger partial charge >= 0.3 is 0 Å². The van der Waals surface area contributed by atoms with E-state index in [0.717, 1.165) is 28.0 Å². The van der Waals surface area contributed by atoms with Gasteiger partial charge in [-0.15, -0.1) is 0 Å². The van der Waals surface area contributed by atoms with Gasteiger partial charge in [-0.1, -0.05) is 192 Å². The van der Waals surface area contributed by atoms with E-state index in [2.05, 4.69) is 239 Å². The standard InChI is InChI=1S/C62H47NO/c1-40-16-24-45(25-17-40)61(46-26-18-41(2)19-27-46)55-13-7-5-11-51(55)53-34-32-49(38-57(53)61)63(59-15-9-10-44-36-37-64-60(44)59)50-33-35-54-52-12-6-8-14-56(52)62(58(54)39-50,47-28-20-42(3)21-29-47)48-30-22-43(4)23-31-48/h5-39H,1-4H3. The molecule has 12 rings (SSSR count). The molecule has 0 amide bonds. The van der Waals surface area contributed by atoms with Gasteiger partial charge in [0, 0.05) is 16.8 Å². The highest BCUT2D eigenvalue weighted by Gasteiger charge is 2.48. The quantitative estimate of drug-likeness (QED) is 0.159. The SMILES string of the molecule is Cc1ccc(C2(c3ccc(C)cc3)c3ccccc3-c3ccc(N(c4ccc5c(c4)C(c4ccc(C)cc4)(c4ccc(C)cc4)c4ccccc4-5)c4cccc5ccoc45)cc32)cc1. The van der Waals surface area contributed by atoms with Crippen molar-refractivity contribution in [3.05, 3.63) is 279 Å². The molecule has 2 aliphatic carbocycles. The second-order valence-electron chi connectivity index (χ2n) is 18.0. The number of fused-ring (bicyclic) bond motifs is 7. The van der Waals surface area contributed by atoms with Gasteiger partial charge in [0.05, 0.1) is 22.8 Å². The number of aryl methyl sites for hydroxylation is 4. The summed E-state index contributed by atoms with van der Waals surface area (Å²) in [5.41, 5.74) is 23.0. The van der Waals surface area contributed by atoms with Gasteiger partial charge in [-0.3, -0.25) is 0 Å². The van der Waals surface area contributed by atoms with Gasteiger partial charge in [0.25, 0.3) is 0 Å². The minimum absolute atomic E-state index is 0.558. The number of nitrogens with zero attached hydrogens (tertiary/aromatic N) is 1. The van der Waals surface area contributed by atoms with Crippen molar-refractivity contribution in [1.82, 2.24) is 0 Å². The largest absolute Gasteiger partial charge is 0.462 e. The van der Waals surface area contributed by atoms with E-state index in [0.29, 0.717) is 0 Å². The molecule has 0 radical (unpaired) electrons. The molecule has 0 unspecified atom stereocenters. The van der Waals surface area contributed by atoms with E-state index >= 15 is 0 Å². The molecule has 9 aromatic carbocycles. The van der Waals surface area contributed by atoms with E-state index in [1.165, 1.54) is 89.0 Å². The molecule has 306 valence electrons. The normalized spacial score (nSPS) is 13.9. The van der Waals surface area contributed by atoms with Crippen molar-refractivity contribution in [2.75, 3.05) is 4.90 Å². The molecule has 1 aromatic heterocycles. The maximum atomic E-state index is 6.42. The zero-order valence-corrected chi connectivity index (χ0v) is 36.6. The zero-order chi connectivity index (χ0) is 43.2. The Hall–Kier alpha value is -7.68. The Kier molecular flexibility index (Phi) is 8.58. The first kappa shape index (κ1) is 38.0. The van der Waals surface area contributed by atoms with Crippen molar-refractivity contribution in [1.29, 1.82) is 0 Å². The van der Waals surface area contributed by atoms with E-state index < -0.39 is 10.8 Å². The second-order valence-corrected chi connectivity index (χ2v) is 18.0. The van der Waals surface area contributed by atoms with Crippen molar-refractivity contribution in [3.8, 4) is 22.3 Å². The summed E-state index contributed by atoms with van der Waals surface area (Å²) < 4.78 is 6.42. The molecule has 0 atom stereocenters. The molecule has 0 saturated heterocycles. The van der Waals surface area contributed by atoms with E-state index in [4.69, 9.17) is 4.42 Å². The number of hydrogen-bond donors (Lipinski definition) is 0. The average molecular weight is 822 g/mol. The van der Waals surface area contributed by atoms with Gasteiger partial charge in [-0.25, -0.2) is 0 Å². The van der Waals surface area contributed by atoms with Crippen molar-refractivity contribution in [2.45, 2.75) is 38.5 Å². The minimum atomic E-state index is -0.558. The number of furan rings is 1. The fourth-order valence-electron chi connectivity index (χ4n) is 11.2. The van der Waals surface area contributed by atoms with Gasteiger partial charge in [0.1, 0.15) is 0 Å². The summed E-state index contributed by atoms with van der Waals surface area (Å²) in [6, 6.07) is 77.6. The maximum Gasteiger partial charge on any atom is 0.157 e.